The van der Waals surface area contributed by atoms with Crippen molar-refractivity contribution in [1.82, 2.24) is 0 Å². The third-order valence-electron chi connectivity index (χ3n) is 12.7. The van der Waals surface area contributed by atoms with E-state index in [-0.39, 0.29) is 31.1 Å². The quantitative estimate of drug-likeness (QED) is 0.0262. The van der Waals surface area contributed by atoms with Crippen molar-refractivity contribution in [3.8, 4) is 0 Å². The summed E-state index contributed by atoms with van der Waals surface area (Å²) >= 11 is 0. The van der Waals surface area contributed by atoms with Crippen LogP contribution >= 0.6 is 0 Å². The van der Waals surface area contributed by atoms with E-state index in [1.165, 1.54) is 173 Å². The second-order valence-corrected chi connectivity index (χ2v) is 19.6. The van der Waals surface area contributed by atoms with E-state index in [1.807, 2.05) is 0 Å². The molecule has 0 unspecified atom stereocenters. The van der Waals surface area contributed by atoms with Gasteiger partial charge in [-0.15, -0.1) is 0 Å². The second kappa shape index (κ2) is 56.7. The number of hydrogen-bond donors (Lipinski definition) is 0. The predicted octanol–water partition coefficient (Wildman–Crippen LogP) is 19.6. The minimum Gasteiger partial charge on any atom is -0.462 e. The summed E-state index contributed by atoms with van der Waals surface area (Å²) in [6.45, 7) is 6.60. The third kappa shape index (κ3) is 54.1. The highest BCUT2D eigenvalue weighted by molar-refractivity contribution is 5.71. The van der Waals surface area contributed by atoms with Gasteiger partial charge < -0.3 is 14.2 Å². The van der Waals surface area contributed by atoms with Gasteiger partial charge in [0.15, 0.2) is 6.10 Å². The van der Waals surface area contributed by atoms with Gasteiger partial charge in [0.2, 0.25) is 0 Å². The van der Waals surface area contributed by atoms with Gasteiger partial charge in [0.05, 0.1) is 0 Å². The lowest BCUT2D eigenvalue weighted by Crippen LogP contribution is -2.30. The maximum Gasteiger partial charge on any atom is 0.306 e. The first-order valence-corrected chi connectivity index (χ1v) is 29.3. The lowest BCUT2D eigenvalue weighted by molar-refractivity contribution is -0.167. The third-order valence-corrected chi connectivity index (χ3v) is 12.7. The summed E-state index contributed by atoms with van der Waals surface area (Å²) in [5.41, 5.74) is 0. The molecule has 6 heteroatoms. The zero-order valence-electron chi connectivity index (χ0n) is 45.1. The average Bonchev–Trinajstić information content (AvgIpc) is 3.34. The summed E-state index contributed by atoms with van der Waals surface area (Å²) in [5.74, 6) is -0.883. The first kappa shape index (κ1) is 65.1. The molecule has 0 aromatic heterocycles. The van der Waals surface area contributed by atoms with Gasteiger partial charge in [0.25, 0.3) is 0 Å². The van der Waals surface area contributed by atoms with Gasteiger partial charge in [0.1, 0.15) is 13.2 Å². The van der Waals surface area contributed by atoms with E-state index >= 15 is 0 Å². The Hall–Kier alpha value is -2.89. The molecular weight excluding hydrogens is 841 g/mol. The fourth-order valence-electron chi connectivity index (χ4n) is 8.30. The minimum absolute atomic E-state index is 0.0777. The number of allylic oxidation sites excluding steroid dienone is 10. The predicted molar refractivity (Wildman–Crippen MR) is 293 cm³/mol. The smallest absolute Gasteiger partial charge is 0.306 e. The molecule has 68 heavy (non-hydrogen) atoms. The van der Waals surface area contributed by atoms with Crippen LogP contribution in [0.5, 0.6) is 0 Å². The molecule has 0 aliphatic heterocycles. The van der Waals surface area contributed by atoms with Crippen LogP contribution in [0.3, 0.4) is 0 Å². The lowest BCUT2D eigenvalue weighted by Gasteiger charge is -2.18. The van der Waals surface area contributed by atoms with Crippen molar-refractivity contribution in [2.75, 3.05) is 13.2 Å². The Kier molecular flexibility index (Phi) is 54.3. The molecule has 0 N–H and O–H groups in total. The van der Waals surface area contributed by atoms with Crippen LogP contribution in [-0.4, -0.2) is 37.2 Å². The summed E-state index contributed by atoms with van der Waals surface area (Å²) in [5, 5.41) is 0. The maximum atomic E-state index is 12.9. The van der Waals surface area contributed by atoms with Crippen molar-refractivity contribution in [2.24, 2.45) is 0 Å². The van der Waals surface area contributed by atoms with Gasteiger partial charge in [-0.1, -0.05) is 248 Å². The molecule has 1 atom stereocenters. The largest absolute Gasteiger partial charge is 0.462 e. The zero-order valence-corrected chi connectivity index (χ0v) is 45.1. The molecule has 0 heterocycles. The van der Waals surface area contributed by atoms with E-state index in [0.717, 1.165) is 83.5 Å². The monoisotopic (exact) mass is 951 g/mol. The number of carbonyl (C=O) groups is 3. The molecule has 0 aliphatic carbocycles. The average molecular weight is 952 g/mol. The number of carbonyl (C=O) groups excluding carboxylic acids is 3. The van der Waals surface area contributed by atoms with E-state index < -0.39 is 6.10 Å². The number of unbranched alkanes of at least 4 members (excludes halogenated alkanes) is 32. The van der Waals surface area contributed by atoms with Crippen LogP contribution in [-0.2, 0) is 28.6 Å². The number of ether oxygens (including phenoxy) is 3. The molecule has 0 aliphatic rings. The van der Waals surface area contributed by atoms with E-state index in [1.54, 1.807) is 0 Å². The molecule has 0 aromatic carbocycles. The van der Waals surface area contributed by atoms with Gasteiger partial charge in [-0.05, 0) is 89.9 Å². The second-order valence-electron chi connectivity index (χ2n) is 19.6. The lowest BCUT2D eigenvalue weighted by atomic mass is 10.0. The summed E-state index contributed by atoms with van der Waals surface area (Å²) in [7, 11) is 0. The first-order valence-electron chi connectivity index (χ1n) is 29.3. The zero-order chi connectivity index (χ0) is 49.3. The van der Waals surface area contributed by atoms with Crippen LogP contribution in [0.2, 0.25) is 0 Å². The standard InChI is InChI=1S/C62H110O6/c1-4-7-10-13-16-19-22-25-27-29-31-33-35-37-40-43-46-49-52-55-61(64)67-58-59(57-66-60(63)54-51-48-45-42-39-24-21-18-15-12-9-6-3)68-62(65)56-53-50-47-44-41-38-36-34-32-30-28-26-23-20-17-14-11-8-5-2/h16-17,19-20,25-28,31,33,59H,4-15,18,21-24,29-30,32,34-58H2,1-3H3/b19-16-,20-17-,27-25-,28-26-,33-31-/t59-/m1/s1. The summed E-state index contributed by atoms with van der Waals surface area (Å²) in [4.78, 5) is 38.2. The van der Waals surface area contributed by atoms with Gasteiger partial charge in [-0.25, -0.2) is 0 Å². The molecule has 0 saturated carbocycles. The molecule has 0 aromatic rings. The van der Waals surface area contributed by atoms with Gasteiger partial charge in [-0.3, -0.25) is 14.4 Å². The SMILES string of the molecule is CCCCC/C=C\C/C=C\C/C=C\CCCCCCCCC(=O)OC[C@@H](COC(=O)CCCCCCCCCCCCCC)OC(=O)CCCCCCCCCCC/C=C\C/C=C\CCCCC. The number of hydrogen-bond acceptors (Lipinski definition) is 6. The van der Waals surface area contributed by atoms with Crippen molar-refractivity contribution in [2.45, 2.75) is 303 Å². The molecule has 0 spiro atoms. The van der Waals surface area contributed by atoms with E-state index in [4.69, 9.17) is 14.2 Å². The summed E-state index contributed by atoms with van der Waals surface area (Å²) < 4.78 is 16.9. The van der Waals surface area contributed by atoms with Gasteiger partial charge in [-0.2, -0.15) is 0 Å². The van der Waals surface area contributed by atoms with Crippen LogP contribution in [0.25, 0.3) is 0 Å². The number of esters is 3. The highest BCUT2D eigenvalue weighted by Crippen LogP contribution is 2.16. The highest BCUT2D eigenvalue weighted by atomic mass is 16.6. The molecule has 0 fully saturated rings. The summed E-state index contributed by atoms with van der Waals surface area (Å²) in [6.07, 6.45) is 70.6. The Morgan fingerprint density at radius 2 is 0.529 bits per heavy atom. The normalized spacial score (nSPS) is 12.5. The Labute approximate surface area is 421 Å². The molecule has 0 saturated heterocycles. The fourth-order valence-corrected chi connectivity index (χ4v) is 8.30. The molecule has 0 radical (unpaired) electrons. The van der Waals surface area contributed by atoms with Crippen molar-refractivity contribution < 1.29 is 28.6 Å². The highest BCUT2D eigenvalue weighted by Gasteiger charge is 2.19. The van der Waals surface area contributed by atoms with E-state index in [2.05, 4.69) is 81.5 Å². The number of rotatable bonds is 53. The molecular formula is C62H110O6. The van der Waals surface area contributed by atoms with Crippen LogP contribution in [0.15, 0.2) is 60.8 Å². The van der Waals surface area contributed by atoms with Crippen LogP contribution in [0, 0.1) is 0 Å². The van der Waals surface area contributed by atoms with Crippen LogP contribution < -0.4 is 0 Å². The Bertz CT molecular complexity index is 1230. The van der Waals surface area contributed by atoms with E-state index in [9.17, 15) is 14.4 Å². The first-order chi connectivity index (χ1) is 33.5. The minimum atomic E-state index is -0.780. The molecule has 0 rings (SSSR count). The molecule has 0 bridgehead atoms. The van der Waals surface area contributed by atoms with Crippen molar-refractivity contribution in [3.05, 3.63) is 60.8 Å². The van der Waals surface area contributed by atoms with Crippen LogP contribution in [0.1, 0.15) is 297 Å². The van der Waals surface area contributed by atoms with E-state index in [0.29, 0.717) is 19.3 Å². The topological polar surface area (TPSA) is 78.9 Å². The molecule has 6 nitrogen and oxygen atoms in total. The van der Waals surface area contributed by atoms with Crippen molar-refractivity contribution >= 4 is 17.9 Å². The van der Waals surface area contributed by atoms with Crippen LogP contribution in [0.4, 0.5) is 0 Å². The molecule has 394 valence electrons. The Balaban J connectivity index is 4.36. The van der Waals surface area contributed by atoms with Crippen molar-refractivity contribution in [3.63, 3.8) is 0 Å². The van der Waals surface area contributed by atoms with Gasteiger partial charge >= 0.3 is 17.9 Å². The Morgan fingerprint density at radius 3 is 0.853 bits per heavy atom. The summed E-state index contributed by atoms with van der Waals surface area (Å²) in [6, 6.07) is 0. The van der Waals surface area contributed by atoms with Gasteiger partial charge in [0, 0.05) is 19.3 Å². The van der Waals surface area contributed by atoms with Crippen molar-refractivity contribution in [1.29, 1.82) is 0 Å². The maximum absolute atomic E-state index is 12.9. The Morgan fingerprint density at radius 1 is 0.294 bits per heavy atom. The fraction of sp³-hybridized carbons (Fsp3) is 0.790. The molecule has 0 amide bonds.